The van der Waals surface area contributed by atoms with E-state index in [9.17, 15) is 4.39 Å². The Bertz CT molecular complexity index is 749. The summed E-state index contributed by atoms with van der Waals surface area (Å²) in [6.45, 7) is 1.99. The van der Waals surface area contributed by atoms with E-state index in [0.29, 0.717) is 0 Å². The molecule has 1 heterocycles. The lowest BCUT2D eigenvalue weighted by Crippen LogP contribution is -1.81. The van der Waals surface area contributed by atoms with E-state index in [0.717, 1.165) is 26.7 Å². The van der Waals surface area contributed by atoms with Gasteiger partial charge in [0, 0.05) is 9.13 Å². The average Bonchev–Trinajstić information content (AvgIpc) is 2.82. The molecule has 20 heavy (non-hydrogen) atoms. The van der Waals surface area contributed by atoms with Crippen LogP contribution in [0.15, 0.2) is 48.5 Å². The molecule has 0 saturated heterocycles. The number of benzene rings is 2. The van der Waals surface area contributed by atoms with Crippen molar-refractivity contribution in [2.24, 2.45) is 0 Å². The van der Waals surface area contributed by atoms with Crippen LogP contribution < -0.4 is 0 Å². The Morgan fingerprint density at radius 3 is 2.45 bits per heavy atom. The molecule has 0 unspecified atom stereocenters. The van der Waals surface area contributed by atoms with Crippen LogP contribution in [-0.4, -0.2) is 4.98 Å². The fraction of sp³-hybridized carbons (Fsp3) is 0.0625. The fourth-order valence-electron chi connectivity index (χ4n) is 2.02. The first-order chi connectivity index (χ1) is 9.65. The van der Waals surface area contributed by atoms with Crippen molar-refractivity contribution in [1.82, 2.24) is 4.98 Å². The lowest BCUT2D eigenvalue weighted by molar-refractivity contribution is 0.628. The van der Waals surface area contributed by atoms with Crippen molar-refractivity contribution < 1.29 is 4.39 Å². The average molecular weight is 395 g/mol. The summed E-state index contributed by atoms with van der Waals surface area (Å²) >= 11 is 3.97. The summed E-state index contributed by atoms with van der Waals surface area (Å²) in [4.78, 5) is 5.76. The third kappa shape index (κ3) is 2.62. The van der Waals surface area contributed by atoms with Gasteiger partial charge in [0.05, 0.1) is 10.6 Å². The highest BCUT2D eigenvalue weighted by molar-refractivity contribution is 14.1. The maximum Gasteiger partial charge on any atom is 0.125 e. The molecule has 0 aliphatic heterocycles. The lowest BCUT2D eigenvalue weighted by Gasteiger charge is -1.99. The van der Waals surface area contributed by atoms with Crippen molar-refractivity contribution in [1.29, 1.82) is 0 Å². The molecule has 0 radical (unpaired) electrons. The van der Waals surface area contributed by atoms with Gasteiger partial charge in [0.1, 0.15) is 10.8 Å². The summed E-state index contributed by atoms with van der Waals surface area (Å²) in [7, 11) is 0. The summed E-state index contributed by atoms with van der Waals surface area (Å²) in [6, 6.07) is 14.8. The van der Waals surface area contributed by atoms with E-state index in [4.69, 9.17) is 0 Å². The minimum absolute atomic E-state index is 0.214. The highest BCUT2D eigenvalue weighted by Crippen LogP contribution is 2.36. The number of nitrogens with zero attached hydrogens (tertiary/aromatic N) is 1. The molecule has 0 atom stereocenters. The van der Waals surface area contributed by atoms with E-state index < -0.39 is 0 Å². The number of aryl methyl sites for hydroxylation is 1. The molecule has 1 nitrogen and oxygen atoms in total. The van der Waals surface area contributed by atoms with Crippen LogP contribution in [0, 0.1) is 16.3 Å². The Morgan fingerprint density at radius 2 is 1.75 bits per heavy atom. The van der Waals surface area contributed by atoms with E-state index in [1.807, 2.05) is 19.1 Å². The molecule has 1 aromatic heterocycles. The maximum atomic E-state index is 13.0. The van der Waals surface area contributed by atoms with Crippen molar-refractivity contribution in [3.8, 4) is 21.0 Å². The van der Waals surface area contributed by atoms with Crippen LogP contribution in [0.5, 0.6) is 0 Å². The zero-order chi connectivity index (χ0) is 14.1. The number of rotatable bonds is 2. The number of thiazole rings is 1. The van der Waals surface area contributed by atoms with E-state index in [2.05, 4.69) is 39.7 Å². The Balaban J connectivity index is 2.08. The highest BCUT2D eigenvalue weighted by Gasteiger charge is 2.12. The van der Waals surface area contributed by atoms with Crippen molar-refractivity contribution in [3.63, 3.8) is 0 Å². The quantitative estimate of drug-likeness (QED) is 0.520. The van der Waals surface area contributed by atoms with Crippen LogP contribution in [0.2, 0.25) is 0 Å². The monoisotopic (exact) mass is 395 g/mol. The number of halogens is 2. The molecule has 0 fully saturated rings. The summed E-state index contributed by atoms with van der Waals surface area (Å²) in [5.41, 5.74) is 3.14. The molecule has 3 rings (SSSR count). The van der Waals surface area contributed by atoms with Gasteiger partial charge in [0.25, 0.3) is 0 Å². The van der Waals surface area contributed by atoms with Crippen molar-refractivity contribution in [3.05, 3.63) is 63.6 Å². The van der Waals surface area contributed by atoms with Gasteiger partial charge in [-0.25, -0.2) is 9.37 Å². The van der Waals surface area contributed by atoms with Gasteiger partial charge in [-0.15, -0.1) is 11.3 Å². The van der Waals surface area contributed by atoms with Gasteiger partial charge in [-0.3, -0.25) is 0 Å². The van der Waals surface area contributed by atoms with Gasteiger partial charge in [-0.2, -0.15) is 0 Å². The molecule has 0 N–H and O–H groups in total. The Kier molecular flexibility index (Phi) is 3.85. The zero-order valence-electron chi connectivity index (χ0n) is 10.7. The van der Waals surface area contributed by atoms with Crippen LogP contribution in [0.4, 0.5) is 4.39 Å². The maximum absolute atomic E-state index is 13.0. The molecule has 3 aromatic rings. The first-order valence-electron chi connectivity index (χ1n) is 6.13. The molecule has 2 aromatic carbocycles. The van der Waals surface area contributed by atoms with Crippen LogP contribution >= 0.6 is 33.9 Å². The van der Waals surface area contributed by atoms with Crippen LogP contribution in [-0.2, 0) is 0 Å². The molecular formula is C16H11FINS. The molecule has 4 heteroatoms. The second-order valence-electron chi connectivity index (χ2n) is 4.42. The summed E-state index contributed by atoms with van der Waals surface area (Å²) in [5, 5.41) is 1.01. The number of aromatic nitrogens is 1. The SMILES string of the molecule is Cc1nc(-c2ccccc2I)sc1-c1ccc(F)cc1. The van der Waals surface area contributed by atoms with Gasteiger partial charge in [0.15, 0.2) is 0 Å². The van der Waals surface area contributed by atoms with Crippen molar-refractivity contribution in [2.45, 2.75) is 6.92 Å². The zero-order valence-corrected chi connectivity index (χ0v) is 13.7. The van der Waals surface area contributed by atoms with Crippen LogP contribution in [0.25, 0.3) is 21.0 Å². The first kappa shape index (κ1) is 13.7. The first-order valence-corrected chi connectivity index (χ1v) is 8.03. The van der Waals surface area contributed by atoms with E-state index in [1.165, 1.54) is 15.7 Å². The minimum atomic E-state index is -0.214. The van der Waals surface area contributed by atoms with Gasteiger partial charge < -0.3 is 0 Å². The Morgan fingerprint density at radius 1 is 1.05 bits per heavy atom. The minimum Gasteiger partial charge on any atom is -0.241 e. The third-order valence-electron chi connectivity index (χ3n) is 3.01. The lowest BCUT2D eigenvalue weighted by atomic mass is 10.1. The molecule has 0 aliphatic rings. The van der Waals surface area contributed by atoms with Gasteiger partial charge in [-0.1, -0.05) is 30.3 Å². The molecule has 0 amide bonds. The topological polar surface area (TPSA) is 12.9 Å². The van der Waals surface area contributed by atoms with Gasteiger partial charge in [-0.05, 0) is 53.3 Å². The number of hydrogen-bond donors (Lipinski definition) is 0. The summed E-state index contributed by atoms with van der Waals surface area (Å²) < 4.78 is 14.2. The number of hydrogen-bond acceptors (Lipinski definition) is 2. The van der Waals surface area contributed by atoms with E-state index in [1.54, 1.807) is 23.5 Å². The third-order valence-corrected chi connectivity index (χ3v) is 5.19. The predicted molar refractivity (Wildman–Crippen MR) is 90.4 cm³/mol. The van der Waals surface area contributed by atoms with E-state index in [-0.39, 0.29) is 5.82 Å². The van der Waals surface area contributed by atoms with E-state index >= 15 is 0 Å². The molecule has 100 valence electrons. The Labute approximate surface area is 134 Å². The van der Waals surface area contributed by atoms with Crippen molar-refractivity contribution in [2.75, 3.05) is 0 Å². The molecule has 0 aliphatic carbocycles. The van der Waals surface area contributed by atoms with Crippen LogP contribution in [0.3, 0.4) is 0 Å². The largest absolute Gasteiger partial charge is 0.241 e. The van der Waals surface area contributed by atoms with Crippen molar-refractivity contribution >= 4 is 33.9 Å². The summed E-state index contributed by atoms with van der Waals surface area (Å²) in [5.74, 6) is -0.214. The second kappa shape index (κ2) is 5.61. The molecular weight excluding hydrogens is 384 g/mol. The normalized spacial score (nSPS) is 10.8. The fourth-order valence-corrected chi connectivity index (χ4v) is 3.95. The second-order valence-corrected chi connectivity index (χ2v) is 6.58. The standard InChI is InChI=1S/C16H11FINS/c1-10-15(11-6-8-12(17)9-7-11)20-16(19-10)13-4-2-3-5-14(13)18/h2-9H,1H3. The molecule has 0 bridgehead atoms. The molecule has 0 spiro atoms. The smallest absolute Gasteiger partial charge is 0.125 e. The Hall–Kier alpha value is -1.27. The molecule has 0 saturated carbocycles. The predicted octanol–water partition coefficient (Wildman–Crippen LogP) is 5.53. The van der Waals surface area contributed by atoms with Crippen LogP contribution in [0.1, 0.15) is 5.69 Å². The van der Waals surface area contributed by atoms with Gasteiger partial charge >= 0.3 is 0 Å². The summed E-state index contributed by atoms with van der Waals surface area (Å²) in [6.07, 6.45) is 0. The van der Waals surface area contributed by atoms with Gasteiger partial charge in [0.2, 0.25) is 0 Å². The highest BCUT2D eigenvalue weighted by atomic mass is 127.